The summed E-state index contributed by atoms with van der Waals surface area (Å²) in [4.78, 5) is 14.7. The summed E-state index contributed by atoms with van der Waals surface area (Å²) >= 11 is 0. The van der Waals surface area contributed by atoms with E-state index >= 15 is 0 Å². The SMILES string of the molecule is Cn1ccnc1CCCCCCCCCCCCCCCC(=O)O. The summed E-state index contributed by atoms with van der Waals surface area (Å²) in [5.74, 6) is 0.546. The van der Waals surface area contributed by atoms with Gasteiger partial charge in [0.15, 0.2) is 0 Å². The average molecular weight is 337 g/mol. The van der Waals surface area contributed by atoms with E-state index in [0.717, 1.165) is 19.3 Å². The highest BCUT2D eigenvalue weighted by molar-refractivity contribution is 5.66. The number of imidazole rings is 1. The fourth-order valence-corrected chi connectivity index (χ4v) is 3.14. The maximum Gasteiger partial charge on any atom is 0.303 e. The molecule has 0 saturated carbocycles. The summed E-state index contributed by atoms with van der Waals surface area (Å²) in [6.45, 7) is 0. The van der Waals surface area contributed by atoms with Gasteiger partial charge in [-0.1, -0.05) is 70.6 Å². The van der Waals surface area contributed by atoms with Gasteiger partial charge in [0, 0.05) is 32.3 Å². The largest absolute Gasteiger partial charge is 0.481 e. The van der Waals surface area contributed by atoms with Crippen LogP contribution in [0.25, 0.3) is 0 Å². The minimum atomic E-state index is -0.661. The topological polar surface area (TPSA) is 55.1 Å². The third-order valence-electron chi connectivity index (χ3n) is 4.71. The van der Waals surface area contributed by atoms with E-state index in [0.29, 0.717) is 6.42 Å². The first-order chi connectivity index (χ1) is 11.7. The van der Waals surface area contributed by atoms with Crippen LogP contribution in [0.1, 0.15) is 95.7 Å². The maximum absolute atomic E-state index is 10.4. The van der Waals surface area contributed by atoms with Crippen molar-refractivity contribution in [3.8, 4) is 0 Å². The first kappa shape index (κ1) is 20.7. The second kappa shape index (κ2) is 14.1. The first-order valence-corrected chi connectivity index (χ1v) is 9.88. The Morgan fingerprint density at radius 3 is 1.75 bits per heavy atom. The molecule has 0 aliphatic rings. The Labute approximate surface area is 147 Å². The van der Waals surface area contributed by atoms with E-state index < -0.39 is 5.97 Å². The quantitative estimate of drug-likeness (QED) is 0.405. The Bertz CT molecular complexity index is 429. The van der Waals surface area contributed by atoms with Crippen molar-refractivity contribution in [2.45, 2.75) is 96.3 Å². The molecule has 0 amide bonds. The molecule has 1 aromatic heterocycles. The fraction of sp³-hybridized carbons (Fsp3) is 0.800. The van der Waals surface area contributed by atoms with Gasteiger partial charge in [-0.3, -0.25) is 4.79 Å². The number of hydrogen-bond donors (Lipinski definition) is 1. The van der Waals surface area contributed by atoms with Crippen molar-refractivity contribution in [2.75, 3.05) is 0 Å². The third-order valence-corrected chi connectivity index (χ3v) is 4.71. The van der Waals surface area contributed by atoms with Crippen LogP contribution in [0.3, 0.4) is 0 Å². The van der Waals surface area contributed by atoms with Crippen molar-refractivity contribution < 1.29 is 9.90 Å². The summed E-state index contributed by atoms with van der Waals surface area (Å²) in [5, 5.41) is 8.56. The molecule has 0 bridgehead atoms. The predicted molar refractivity (Wildman–Crippen MR) is 99.2 cm³/mol. The Kier molecular flexibility index (Phi) is 12.1. The molecule has 1 rings (SSSR count). The van der Waals surface area contributed by atoms with Crippen molar-refractivity contribution in [1.82, 2.24) is 9.55 Å². The lowest BCUT2D eigenvalue weighted by Crippen LogP contribution is -1.97. The Morgan fingerprint density at radius 2 is 1.33 bits per heavy atom. The summed E-state index contributed by atoms with van der Waals surface area (Å²) in [7, 11) is 2.07. The van der Waals surface area contributed by atoms with Crippen LogP contribution in [0.5, 0.6) is 0 Å². The van der Waals surface area contributed by atoms with Gasteiger partial charge in [-0.15, -0.1) is 0 Å². The van der Waals surface area contributed by atoms with E-state index in [2.05, 4.69) is 16.6 Å². The Hall–Kier alpha value is -1.32. The summed E-state index contributed by atoms with van der Waals surface area (Å²) < 4.78 is 2.12. The molecule has 4 nitrogen and oxygen atoms in total. The van der Waals surface area contributed by atoms with Gasteiger partial charge in [0.25, 0.3) is 0 Å². The molecule has 0 atom stereocenters. The molecule has 138 valence electrons. The maximum atomic E-state index is 10.4. The number of aromatic nitrogens is 2. The van der Waals surface area contributed by atoms with Crippen LogP contribution in [-0.4, -0.2) is 20.6 Å². The molecule has 0 saturated heterocycles. The van der Waals surface area contributed by atoms with E-state index in [-0.39, 0.29) is 0 Å². The lowest BCUT2D eigenvalue weighted by molar-refractivity contribution is -0.137. The van der Waals surface area contributed by atoms with E-state index in [1.54, 1.807) is 0 Å². The number of aryl methyl sites for hydroxylation is 2. The molecule has 0 aliphatic carbocycles. The molecule has 0 radical (unpaired) electrons. The van der Waals surface area contributed by atoms with Gasteiger partial charge < -0.3 is 9.67 Å². The van der Waals surface area contributed by atoms with Crippen molar-refractivity contribution in [1.29, 1.82) is 0 Å². The molecule has 1 heterocycles. The average Bonchev–Trinajstić information content (AvgIpc) is 2.96. The third kappa shape index (κ3) is 11.3. The number of carbonyl (C=O) groups is 1. The highest BCUT2D eigenvalue weighted by atomic mass is 16.4. The molecule has 1 aromatic rings. The molecule has 0 spiro atoms. The Balaban J connectivity index is 1.73. The fourth-order valence-electron chi connectivity index (χ4n) is 3.14. The number of carboxylic acids is 1. The lowest BCUT2D eigenvalue weighted by atomic mass is 10.0. The van der Waals surface area contributed by atoms with Crippen LogP contribution in [-0.2, 0) is 18.3 Å². The zero-order chi connectivity index (χ0) is 17.5. The molecule has 0 fully saturated rings. The zero-order valence-corrected chi connectivity index (χ0v) is 15.5. The minimum absolute atomic E-state index is 0.335. The smallest absolute Gasteiger partial charge is 0.303 e. The van der Waals surface area contributed by atoms with Crippen LogP contribution in [0.15, 0.2) is 12.4 Å². The van der Waals surface area contributed by atoms with Crippen LogP contribution in [0.4, 0.5) is 0 Å². The molecule has 0 unspecified atom stereocenters. The van der Waals surface area contributed by atoms with Crippen LogP contribution >= 0.6 is 0 Å². The van der Waals surface area contributed by atoms with Gasteiger partial charge in [-0.05, 0) is 12.8 Å². The standard InChI is InChI=1S/C20H36N2O2/c1-22-18-17-21-19(22)15-13-11-9-7-5-3-2-4-6-8-10-12-14-16-20(23)24/h17-18H,2-16H2,1H3,(H,23,24). The van der Waals surface area contributed by atoms with E-state index in [4.69, 9.17) is 5.11 Å². The molecule has 0 aromatic carbocycles. The van der Waals surface area contributed by atoms with Gasteiger partial charge in [-0.2, -0.15) is 0 Å². The molecule has 0 aliphatic heterocycles. The summed E-state index contributed by atoms with van der Waals surface area (Å²) in [6, 6.07) is 0. The van der Waals surface area contributed by atoms with Gasteiger partial charge in [-0.25, -0.2) is 4.98 Å². The van der Waals surface area contributed by atoms with E-state index in [1.807, 2.05) is 12.4 Å². The molecule has 24 heavy (non-hydrogen) atoms. The Morgan fingerprint density at radius 1 is 0.875 bits per heavy atom. The number of unbranched alkanes of at least 4 members (excludes halogenated alkanes) is 12. The van der Waals surface area contributed by atoms with Gasteiger partial charge in [0.05, 0.1) is 0 Å². The highest BCUT2D eigenvalue weighted by Gasteiger charge is 1.99. The number of nitrogens with zero attached hydrogens (tertiary/aromatic N) is 2. The molecule has 1 N–H and O–H groups in total. The van der Waals surface area contributed by atoms with Gasteiger partial charge >= 0.3 is 5.97 Å². The number of aliphatic carboxylic acids is 1. The number of carboxylic acid groups (broad SMARTS) is 1. The normalized spacial score (nSPS) is 11.0. The number of rotatable bonds is 16. The van der Waals surface area contributed by atoms with Crippen molar-refractivity contribution in [3.05, 3.63) is 18.2 Å². The second-order valence-corrected chi connectivity index (χ2v) is 6.94. The van der Waals surface area contributed by atoms with Crippen molar-refractivity contribution in [2.24, 2.45) is 7.05 Å². The highest BCUT2D eigenvalue weighted by Crippen LogP contribution is 2.13. The minimum Gasteiger partial charge on any atom is -0.481 e. The zero-order valence-electron chi connectivity index (χ0n) is 15.5. The van der Waals surface area contributed by atoms with Crippen LogP contribution in [0.2, 0.25) is 0 Å². The molecular weight excluding hydrogens is 300 g/mol. The molecular formula is C20H36N2O2. The van der Waals surface area contributed by atoms with Crippen molar-refractivity contribution in [3.63, 3.8) is 0 Å². The van der Waals surface area contributed by atoms with Gasteiger partial charge in [0.2, 0.25) is 0 Å². The summed E-state index contributed by atoms with van der Waals surface area (Å²) in [6.07, 6.45) is 21.8. The van der Waals surface area contributed by atoms with E-state index in [1.165, 1.54) is 76.5 Å². The first-order valence-electron chi connectivity index (χ1n) is 9.88. The van der Waals surface area contributed by atoms with Crippen molar-refractivity contribution >= 4 is 5.97 Å². The predicted octanol–water partition coefficient (Wildman–Crippen LogP) is 5.51. The van der Waals surface area contributed by atoms with Crippen LogP contribution < -0.4 is 0 Å². The van der Waals surface area contributed by atoms with E-state index in [9.17, 15) is 4.79 Å². The number of hydrogen-bond acceptors (Lipinski definition) is 2. The lowest BCUT2D eigenvalue weighted by Gasteiger charge is -2.04. The van der Waals surface area contributed by atoms with Gasteiger partial charge in [0.1, 0.15) is 5.82 Å². The van der Waals surface area contributed by atoms with Crippen LogP contribution in [0, 0.1) is 0 Å². The second-order valence-electron chi connectivity index (χ2n) is 6.94. The molecule has 4 heteroatoms. The monoisotopic (exact) mass is 336 g/mol. The summed E-state index contributed by atoms with van der Waals surface area (Å²) in [5.41, 5.74) is 0.